The third-order valence-electron chi connectivity index (χ3n) is 3.81. The average Bonchev–Trinajstić information content (AvgIpc) is 3.11. The maximum atomic E-state index is 8.36. The molecule has 1 aromatic carbocycles. The van der Waals surface area contributed by atoms with Crippen molar-refractivity contribution < 1.29 is 14.6 Å². The van der Waals surface area contributed by atoms with E-state index in [1.807, 2.05) is 28.8 Å². The van der Waals surface area contributed by atoms with E-state index < -0.39 is 0 Å². The van der Waals surface area contributed by atoms with Crippen LogP contribution in [0.1, 0.15) is 12.8 Å². The maximum absolute atomic E-state index is 8.36. The molecule has 7 nitrogen and oxygen atoms in total. The Bertz CT molecular complexity index is 601. The van der Waals surface area contributed by atoms with E-state index in [4.69, 9.17) is 26.2 Å². The standard InChI is InChI=1S/C15H19ClN4O.CH2O2/c16-14-3-1-2-4-15(14)21-13-5-7-19(8-6-13)9-10-20-11-17-18-12-20;2-1-3/h1-4,11-13H,5-10H2;1H,(H,2,3). The molecule has 0 spiro atoms. The van der Waals surface area contributed by atoms with Crippen molar-refractivity contribution in [3.05, 3.63) is 41.9 Å². The number of likely N-dealkylation sites (tertiary alicyclic amines) is 1. The largest absolute Gasteiger partial charge is 0.489 e. The van der Waals surface area contributed by atoms with Crippen LogP contribution in [0.3, 0.4) is 0 Å². The van der Waals surface area contributed by atoms with Gasteiger partial charge in [-0.1, -0.05) is 23.7 Å². The number of para-hydroxylation sites is 1. The summed E-state index contributed by atoms with van der Waals surface area (Å²) in [6, 6.07) is 7.67. The van der Waals surface area contributed by atoms with Crippen LogP contribution in [-0.2, 0) is 11.3 Å². The van der Waals surface area contributed by atoms with Crippen molar-refractivity contribution in [1.29, 1.82) is 0 Å². The quantitative estimate of drug-likeness (QED) is 0.831. The zero-order valence-electron chi connectivity index (χ0n) is 13.3. The summed E-state index contributed by atoms with van der Waals surface area (Å²) >= 11 is 6.13. The first-order chi connectivity index (χ1) is 11.7. The highest BCUT2D eigenvalue weighted by molar-refractivity contribution is 6.32. The van der Waals surface area contributed by atoms with Crippen molar-refractivity contribution in [2.75, 3.05) is 19.6 Å². The number of ether oxygens (including phenoxy) is 1. The summed E-state index contributed by atoms with van der Waals surface area (Å²) in [5, 5.41) is 15.2. The van der Waals surface area contributed by atoms with Gasteiger partial charge in [-0.3, -0.25) is 4.79 Å². The van der Waals surface area contributed by atoms with Crippen molar-refractivity contribution in [2.45, 2.75) is 25.5 Å². The van der Waals surface area contributed by atoms with Crippen LogP contribution >= 0.6 is 11.6 Å². The summed E-state index contributed by atoms with van der Waals surface area (Å²) in [7, 11) is 0. The summed E-state index contributed by atoms with van der Waals surface area (Å²) in [6.07, 6.45) is 5.84. The number of rotatable bonds is 5. The lowest BCUT2D eigenvalue weighted by atomic mass is 10.1. The molecule has 0 amide bonds. The van der Waals surface area contributed by atoms with E-state index in [9.17, 15) is 0 Å². The predicted molar refractivity (Wildman–Crippen MR) is 90.3 cm³/mol. The number of carboxylic acid groups (broad SMARTS) is 1. The minimum absolute atomic E-state index is 0.250. The molecule has 1 aliphatic rings. The molecule has 3 rings (SSSR count). The zero-order valence-corrected chi connectivity index (χ0v) is 14.0. The molecular weight excluding hydrogens is 332 g/mol. The molecule has 0 aliphatic carbocycles. The number of hydrogen-bond acceptors (Lipinski definition) is 5. The second-order valence-electron chi connectivity index (χ2n) is 5.39. The molecule has 8 heteroatoms. The monoisotopic (exact) mass is 352 g/mol. The van der Waals surface area contributed by atoms with Gasteiger partial charge in [-0.15, -0.1) is 10.2 Å². The van der Waals surface area contributed by atoms with Gasteiger partial charge in [0, 0.05) is 26.2 Å². The van der Waals surface area contributed by atoms with Crippen LogP contribution in [0, 0.1) is 0 Å². The number of halogens is 1. The number of nitrogens with zero attached hydrogens (tertiary/aromatic N) is 4. The van der Waals surface area contributed by atoms with E-state index >= 15 is 0 Å². The Hall–Kier alpha value is -2.12. The Labute approximate surface area is 145 Å². The van der Waals surface area contributed by atoms with Crippen LogP contribution in [0.5, 0.6) is 5.75 Å². The van der Waals surface area contributed by atoms with Gasteiger partial charge >= 0.3 is 0 Å². The van der Waals surface area contributed by atoms with Gasteiger partial charge in [-0.2, -0.15) is 0 Å². The van der Waals surface area contributed by atoms with Crippen molar-refractivity contribution in [3.8, 4) is 5.75 Å². The smallest absolute Gasteiger partial charge is 0.290 e. The van der Waals surface area contributed by atoms with Crippen molar-refractivity contribution in [1.82, 2.24) is 19.7 Å². The van der Waals surface area contributed by atoms with E-state index in [-0.39, 0.29) is 12.6 Å². The Morgan fingerprint density at radius 1 is 1.21 bits per heavy atom. The van der Waals surface area contributed by atoms with Gasteiger partial charge in [0.1, 0.15) is 24.5 Å². The third kappa shape index (κ3) is 5.82. The van der Waals surface area contributed by atoms with Crippen molar-refractivity contribution in [3.63, 3.8) is 0 Å². The van der Waals surface area contributed by atoms with E-state index in [0.717, 1.165) is 44.8 Å². The van der Waals surface area contributed by atoms with Gasteiger partial charge in [0.25, 0.3) is 6.47 Å². The molecule has 130 valence electrons. The molecule has 0 atom stereocenters. The molecule has 0 radical (unpaired) electrons. The van der Waals surface area contributed by atoms with E-state index in [0.29, 0.717) is 5.02 Å². The third-order valence-corrected chi connectivity index (χ3v) is 4.12. The van der Waals surface area contributed by atoms with Gasteiger partial charge in [0.2, 0.25) is 0 Å². The summed E-state index contributed by atoms with van der Waals surface area (Å²) < 4.78 is 8.01. The molecule has 1 aromatic heterocycles. The minimum Gasteiger partial charge on any atom is -0.489 e. The zero-order chi connectivity index (χ0) is 17.2. The van der Waals surface area contributed by atoms with E-state index in [2.05, 4.69) is 15.1 Å². The highest BCUT2D eigenvalue weighted by Gasteiger charge is 2.20. The Morgan fingerprint density at radius 2 is 1.83 bits per heavy atom. The van der Waals surface area contributed by atoms with E-state index in [1.165, 1.54) is 0 Å². The number of piperidine rings is 1. The Balaban J connectivity index is 0.000000647. The first kappa shape index (κ1) is 18.2. The van der Waals surface area contributed by atoms with Gasteiger partial charge < -0.3 is 19.3 Å². The topological polar surface area (TPSA) is 80.5 Å². The summed E-state index contributed by atoms with van der Waals surface area (Å²) in [6.45, 7) is 3.81. The van der Waals surface area contributed by atoms with Crippen LogP contribution in [0.15, 0.2) is 36.9 Å². The molecular formula is C16H21ClN4O3. The first-order valence-electron chi connectivity index (χ1n) is 7.76. The molecule has 0 saturated carbocycles. The fourth-order valence-corrected chi connectivity index (χ4v) is 2.75. The van der Waals surface area contributed by atoms with Gasteiger partial charge in [0.05, 0.1) is 5.02 Å². The lowest BCUT2D eigenvalue weighted by molar-refractivity contribution is -0.122. The normalized spacial score (nSPS) is 15.4. The van der Waals surface area contributed by atoms with Gasteiger partial charge in [0.15, 0.2) is 0 Å². The molecule has 0 bridgehead atoms. The van der Waals surface area contributed by atoms with E-state index in [1.54, 1.807) is 12.7 Å². The molecule has 1 N–H and O–H groups in total. The first-order valence-corrected chi connectivity index (χ1v) is 8.14. The van der Waals surface area contributed by atoms with Crippen LogP contribution in [-0.4, -0.2) is 57.0 Å². The lowest BCUT2D eigenvalue weighted by Gasteiger charge is -2.32. The van der Waals surface area contributed by atoms with Crippen LogP contribution < -0.4 is 4.74 Å². The molecule has 1 fully saturated rings. The highest BCUT2D eigenvalue weighted by Crippen LogP contribution is 2.26. The minimum atomic E-state index is -0.250. The SMILES string of the molecule is Clc1ccccc1OC1CCN(CCn2cnnc2)CC1.O=CO. The van der Waals surface area contributed by atoms with Gasteiger partial charge in [-0.25, -0.2) is 0 Å². The number of carbonyl (C=O) groups is 1. The molecule has 1 saturated heterocycles. The lowest BCUT2D eigenvalue weighted by Crippen LogP contribution is -2.39. The summed E-state index contributed by atoms with van der Waals surface area (Å²) in [5.41, 5.74) is 0. The fourth-order valence-electron chi connectivity index (χ4n) is 2.57. The fraction of sp³-hybridized carbons (Fsp3) is 0.438. The van der Waals surface area contributed by atoms with Gasteiger partial charge in [-0.05, 0) is 25.0 Å². The van der Waals surface area contributed by atoms with Crippen LogP contribution in [0.4, 0.5) is 0 Å². The molecule has 2 heterocycles. The summed E-state index contributed by atoms with van der Waals surface area (Å²) in [5.74, 6) is 0.794. The molecule has 2 aromatic rings. The number of hydrogen-bond donors (Lipinski definition) is 1. The molecule has 1 aliphatic heterocycles. The highest BCUT2D eigenvalue weighted by atomic mass is 35.5. The number of benzene rings is 1. The molecule has 24 heavy (non-hydrogen) atoms. The summed E-state index contributed by atoms with van der Waals surface area (Å²) in [4.78, 5) is 10.8. The van der Waals surface area contributed by atoms with Crippen LogP contribution in [0.25, 0.3) is 0 Å². The number of aromatic nitrogens is 3. The second kappa shape index (κ2) is 9.89. The second-order valence-corrected chi connectivity index (χ2v) is 5.80. The molecule has 0 unspecified atom stereocenters. The van der Waals surface area contributed by atoms with Crippen molar-refractivity contribution >= 4 is 18.1 Å². The predicted octanol–water partition coefficient (Wildman–Crippen LogP) is 2.18. The Kier molecular flexibility index (Phi) is 7.51. The van der Waals surface area contributed by atoms with Crippen LogP contribution in [0.2, 0.25) is 5.02 Å². The average molecular weight is 353 g/mol. The maximum Gasteiger partial charge on any atom is 0.290 e. The Morgan fingerprint density at radius 3 is 2.46 bits per heavy atom. The van der Waals surface area contributed by atoms with Crippen molar-refractivity contribution in [2.24, 2.45) is 0 Å².